The molecule has 0 spiro atoms. The number of carboxylic acid groups (broad SMARTS) is 1. The van der Waals surface area contributed by atoms with Gasteiger partial charge in [-0.3, -0.25) is 4.90 Å². The second-order valence-corrected chi connectivity index (χ2v) is 10.5. The van der Waals surface area contributed by atoms with Crippen molar-refractivity contribution in [3.05, 3.63) is 82.4 Å². The van der Waals surface area contributed by atoms with Gasteiger partial charge in [0.15, 0.2) is 0 Å². The number of hydrogen-bond donors (Lipinski definition) is 1. The van der Waals surface area contributed by atoms with Crippen molar-refractivity contribution in [3.8, 4) is 5.88 Å². The molecule has 9 nitrogen and oxygen atoms in total. The molecule has 0 radical (unpaired) electrons. The van der Waals surface area contributed by atoms with Crippen LogP contribution in [0.15, 0.2) is 54.6 Å². The van der Waals surface area contributed by atoms with Crippen molar-refractivity contribution in [2.24, 2.45) is 0 Å². The van der Waals surface area contributed by atoms with Gasteiger partial charge in [0.2, 0.25) is 5.88 Å². The number of ether oxygens (including phenoxy) is 2. The molecule has 1 atom stereocenters. The molecule has 5 rings (SSSR count). The Morgan fingerprint density at radius 1 is 1.15 bits per heavy atom. The second kappa shape index (κ2) is 12.8. The van der Waals surface area contributed by atoms with Gasteiger partial charge in [0.05, 0.1) is 29.7 Å². The number of pyridine rings is 1. The summed E-state index contributed by atoms with van der Waals surface area (Å²) in [6.07, 6.45) is 0.935. The number of hydrogen-bond acceptors (Lipinski definition) is 7. The van der Waals surface area contributed by atoms with E-state index in [1.165, 1.54) is 6.07 Å². The van der Waals surface area contributed by atoms with Crippen molar-refractivity contribution >= 4 is 34.4 Å². The number of piperazine rings is 1. The number of methoxy groups -OCH3 is 1. The van der Waals surface area contributed by atoms with E-state index in [0.29, 0.717) is 36.2 Å². The Kier molecular flexibility index (Phi) is 9.02. The van der Waals surface area contributed by atoms with E-state index in [9.17, 15) is 14.3 Å². The van der Waals surface area contributed by atoms with E-state index in [1.807, 2.05) is 12.1 Å². The maximum Gasteiger partial charge on any atom is 0.335 e. The van der Waals surface area contributed by atoms with E-state index < -0.39 is 11.8 Å². The largest absolute Gasteiger partial charge is 0.478 e. The topological polar surface area (TPSA) is 93.0 Å². The molecule has 0 saturated carbocycles. The normalized spacial score (nSPS) is 15.9. The Bertz CT molecular complexity index is 1530. The highest BCUT2D eigenvalue weighted by Gasteiger charge is 2.28. The summed E-state index contributed by atoms with van der Waals surface area (Å²) in [6, 6.07) is 15.4. The fraction of sp³-hybridized carbons (Fsp3) is 0.367. The van der Waals surface area contributed by atoms with Crippen molar-refractivity contribution in [2.75, 3.05) is 38.3 Å². The zero-order chi connectivity index (χ0) is 28.9. The zero-order valence-electron chi connectivity index (χ0n) is 23.1. The summed E-state index contributed by atoms with van der Waals surface area (Å²) < 4.78 is 27.4. The van der Waals surface area contributed by atoms with Crippen LogP contribution in [0.1, 0.15) is 35.1 Å². The third kappa shape index (κ3) is 6.61. The fourth-order valence-corrected chi connectivity index (χ4v) is 5.35. The van der Waals surface area contributed by atoms with E-state index in [1.54, 1.807) is 43.5 Å². The SMILES string of the molecule is CC[C@H]1CN(c2cccc(OCc3ccc(Cl)cc3F)n2)CCN1Cc1nc2ccc(C(=O)O)cc2n1CCOC. The van der Waals surface area contributed by atoms with Gasteiger partial charge in [-0.05, 0) is 42.8 Å². The first-order valence-electron chi connectivity index (χ1n) is 13.6. The number of halogens is 2. The average molecular weight is 582 g/mol. The van der Waals surface area contributed by atoms with Crippen molar-refractivity contribution < 1.29 is 23.8 Å². The van der Waals surface area contributed by atoms with Crippen LogP contribution in [-0.2, 0) is 24.4 Å². The van der Waals surface area contributed by atoms with Crippen LogP contribution in [0.2, 0.25) is 5.02 Å². The number of nitrogens with zero attached hydrogens (tertiary/aromatic N) is 5. The summed E-state index contributed by atoms with van der Waals surface area (Å²) >= 11 is 5.85. The number of aromatic nitrogens is 3. The summed E-state index contributed by atoms with van der Waals surface area (Å²) in [5.41, 5.74) is 2.21. The Morgan fingerprint density at radius 3 is 2.76 bits per heavy atom. The van der Waals surface area contributed by atoms with Gasteiger partial charge in [-0.1, -0.05) is 30.7 Å². The number of carbonyl (C=O) groups is 1. The fourth-order valence-electron chi connectivity index (χ4n) is 5.19. The van der Waals surface area contributed by atoms with Crippen molar-refractivity contribution in [1.82, 2.24) is 19.4 Å². The smallest absolute Gasteiger partial charge is 0.335 e. The number of rotatable bonds is 11. The highest BCUT2D eigenvalue weighted by atomic mass is 35.5. The molecule has 2 aromatic heterocycles. The van der Waals surface area contributed by atoms with Gasteiger partial charge in [-0.2, -0.15) is 4.98 Å². The lowest BCUT2D eigenvalue weighted by Gasteiger charge is -2.41. The third-order valence-electron chi connectivity index (χ3n) is 7.44. The zero-order valence-corrected chi connectivity index (χ0v) is 23.9. The van der Waals surface area contributed by atoms with Gasteiger partial charge < -0.3 is 24.0 Å². The molecule has 0 unspecified atom stereocenters. The van der Waals surface area contributed by atoms with E-state index in [2.05, 4.69) is 21.3 Å². The van der Waals surface area contributed by atoms with Gasteiger partial charge >= 0.3 is 5.97 Å². The van der Waals surface area contributed by atoms with Crippen LogP contribution in [-0.4, -0.2) is 69.9 Å². The molecule has 1 aliphatic heterocycles. The van der Waals surface area contributed by atoms with Crippen LogP contribution >= 0.6 is 11.6 Å². The number of fused-ring (bicyclic) bond motifs is 1. The maximum atomic E-state index is 14.2. The third-order valence-corrected chi connectivity index (χ3v) is 7.67. The molecular formula is C30H33ClFN5O4. The number of aromatic carboxylic acids is 1. The van der Waals surface area contributed by atoms with Gasteiger partial charge in [0.25, 0.3) is 0 Å². The predicted octanol–water partition coefficient (Wildman–Crippen LogP) is 5.25. The average Bonchev–Trinajstić information content (AvgIpc) is 3.31. The lowest BCUT2D eigenvalue weighted by Crippen LogP contribution is -2.53. The number of benzene rings is 2. The monoisotopic (exact) mass is 581 g/mol. The van der Waals surface area contributed by atoms with Gasteiger partial charge in [0, 0.05) is 56.0 Å². The highest BCUT2D eigenvalue weighted by Crippen LogP contribution is 2.25. The van der Waals surface area contributed by atoms with Gasteiger partial charge in [0.1, 0.15) is 24.1 Å². The van der Waals surface area contributed by atoms with Gasteiger partial charge in [-0.25, -0.2) is 14.2 Å². The maximum absolute atomic E-state index is 14.2. The van der Waals surface area contributed by atoms with Crippen LogP contribution in [0.25, 0.3) is 11.0 Å². The Balaban J connectivity index is 1.29. The van der Waals surface area contributed by atoms with Crippen LogP contribution < -0.4 is 9.64 Å². The molecule has 1 saturated heterocycles. The summed E-state index contributed by atoms with van der Waals surface area (Å²) in [4.78, 5) is 25.8. The molecule has 0 amide bonds. The number of carboxylic acids is 1. The molecular weight excluding hydrogens is 549 g/mol. The van der Waals surface area contributed by atoms with Gasteiger partial charge in [-0.15, -0.1) is 0 Å². The lowest BCUT2D eigenvalue weighted by molar-refractivity contribution is 0.0697. The Morgan fingerprint density at radius 2 is 2.00 bits per heavy atom. The van der Waals surface area contributed by atoms with E-state index in [4.69, 9.17) is 31.0 Å². The van der Waals surface area contributed by atoms with E-state index >= 15 is 0 Å². The molecule has 0 bridgehead atoms. The Hall–Kier alpha value is -3.73. The van der Waals surface area contributed by atoms with Crippen LogP contribution in [0.5, 0.6) is 5.88 Å². The molecule has 2 aromatic carbocycles. The minimum atomic E-state index is -0.963. The van der Waals surface area contributed by atoms with E-state index in [0.717, 1.165) is 48.7 Å². The number of imidazole rings is 1. The first-order valence-corrected chi connectivity index (χ1v) is 14.0. The minimum absolute atomic E-state index is 0.0584. The second-order valence-electron chi connectivity index (χ2n) is 10.0. The summed E-state index contributed by atoms with van der Waals surface area (Å²) in [5, 5.41) is 9.83. The molecule has 216 valence electrons. The highest BCUT2D eigenvalue weighted by molar-refractivity contribution is 6.30. The quantitative estimate of drug-likeness (QED) is 0.257. The van der Waals surface area contributed by atoms with Crippen LogP contribution in [0, 0.1) is 5.82 Å². The predicted molar refractivity (Wildman–Crippen MR) is 155 cm³/mol. The summed E-state index contributed by atoms with van der Waals surface area (Å²) in [5.74, 6) is 0.754. The summed E-state index contributed by atoms with van der Waals surface area (Å²) in [6.45, 7) is 6.28. The molecule has 41 heavy (non-hydrogen) atoms. The molecule has 0 aliphatic carbocycles. The molecule has 11 heteroatoms. The standard InChI is InChI=1S/C30H33ClFN5O4/c1-3-23-17-36(27-5-4-6-29(34-27)41-19-21-7-9-22(31)16-24(21)32)12-11-35(23)18-28-33-25-10-8-20(30(38)39)15-26(25)37(28)13-14-40-2/h4-10,15-16,23H,3,11-14,17-19H2,1-2H3,(H,38,39)/t23-/m0/s1. The molecule has 4 aromatic rings. The first-order chi connectivity index (χ1) is 19.9. The first kappa shape index (κ1) is 28.8. The van der Waals surface area contributed by atoms with Crippen molar-refractivity contribution in [1.29, 1.82) is 0 Å². The lowest BCUT2D eigenvalue weighted by atomic mass is 10.1. The molecule has 1 fully saturated rings. The van der Waals surface area contributed by atoms with Crippen LogP contribution in [0.4, 0.5) is 10.2 Å². The molecule has 3 heterocycles. The van der Waals surface area contributed by atoms with E-state index in [-0.39, 0.29) is 18.2 Å². The Labute approximate surface area is 243 Å². The van der Waals surface area contributed by atoms with Crippen molar-refractivity contribution in [3.63, 3.8) is 0 Å². The van der Waals surface area contributed by atoms with Crippen molar-refractivity contribution in [2.45, 2.75) is 39.1 Å². The molecule has 1 N–H and O–H groups in total. The number of anilines is 1. The summed E-state index contributed by atoms with van der Waals surface area (Å²) in [7, 11) is 1.65. The van der Waals surface area contributed by atoms with Crippen LogP contribution in [0.3, 0.4) is 0 Å². The molecule has 1 aliphatic rings. The minimum Gasteiger partial charge on any atom is -0.478 e.